The Morgan fingerprint density at radius 3 is 2.78 bits per heavy atom. The summed E-state index contributed by atoms with van der Waals surface area (Å²) >= 11 is 0. The highest BCUT2D eigenvalue weighted by molar-refractivity contribution is 5.83. The molecule has 1 rings (SSSR count). The Hall–Kier alpha value is -1.14. The second-order valence-corrected chi connectivity index (χ2v) is 4.65. The molecule has 0 aromatic heterocycles. The molecule has 3 N–H and O–H groups in total. The lowest BCUT2D eigenvalue weighted by Gasteiger charge is -2.19. The summed E-state index contributed by atoms with van der Waals surface area (Å²) in [4.78, 5) is 22.7. The Bertz CT molecular complexity index is 296. The van der Waals surface area contributed by atoms with E-state index in [2.05, 4.69) is 10.6 Å². The largest absolute Gasteiger partial charge is 0.481 e. The highest BCUT2D eigenvalue weighted by Crippen LogP contribution is 2.11. The summed E-state index contributed by atoms with van der Waals surface area (Å²) in [5, 5.41) is 14.7. The van der Waals surface area contributed by atoms with E-state index in [0.29, 0.717) is 19.4 Å². The fourth-order valence-corrected chi connectivity index (χ4v) is 2.17. The van der Waals surface area contributed by atoms with Gasteiger partial charge in [0, 0.05) is 19.7 Å². The summed E-state index contributed by atoms with van der Waals surface area (Å²) in [5.41, 5.74) is 0. The normalized spacial score (nSPS) is 24.8. The molecular formula is C12H22N2O4. The van der Waals surface area contributed by atoms with E-state index in [1.807, 2.05) is 6.92 Å². The predicted octanol–water partition coefficient (Wildman–Crippen LogP) is 0.123. The first kappa shape index (κ1) is 14.9. The van der Waals surface area contributed by atoms with E-state index in [-0.39, 0.29) is 30.5 Å². The zero-order valence-corrected chi connectivity index (χ0v) is 10.9. The van der Waals surface area contributed by atoms with Crippen molar-refractivity contribution in [1.82, 2.24) is 10.6 Å². The molecule has 1 aliphatic rings. The SMILES string of the molecule is CCCC(CC(=O)O)NC(=O)C1CC(OC)CN1. The minimum absolute atomic E-state index is 0.0278. The number of hydrogen-bond donors (Lipinski definition) is 3. The first-order valence-electron chi connectivity index (χ1n) is 6.35. The van der Waals surface area contributed by atoms with Gasteiger partial charge < -0.3 is 20.5 Å². The standard InChI is InChI=1S/C12H22N2O4/c1-3-4-8(5-11(15)16)14-12(17)10-6-9(18-2)7-13-10/h8-10,13H,3-7H2,1-2H3,(H,14,17)(H,15,16). The van der Waals surface area contributed by atoms with Crippen LogP contribution in [0.25, 0.3) is 0 Å². The second kappa shape index (κ2) is 7.33. The van der Waals surface area contributed by atoms with Crippen molar-refractivity contribution >= 4 is 11.9 Å². The van der Waals surface area contributed by atoms with Crippen LogP contribution in [0.5, 0.6) is 0 Å². The minimum atomic E-state index is -0.886. The van der Waals surface area contributed by atoms with E-state index in [1.54, 1.807) is 7.11 Å². The molecule has 0 bridgehead atoms. The van der Waals surface area contributed by atoms with Gasteiger partial charge in [0.15, 0.2) is 0 Å². The summed E-state index contributed by atoms with van der Waals surface area (Å²) in [6.45, 7) is 2.63. The monoisotopic (exact) mass is 258 g/mol. The summed E-state index contributed by atoms with van der Waals surface area (Å²) in [5.74, 6) is -1.02. The van der Waals surface area contributed by atoms with Gasteiger partial charge in [0.25, 0.3) is 0 Å². The molecule has 3 unspecified atom stereocenters. The number of methoxy groups -OCH3 is 1. The van der Waals surface area contributed by atoms with Crippen molar-refractivity contribution in [2.75, 3.05) is 13.7 Å². The molecule has 6 nitrogen and oxygen atoms in total. The van der Waals surface area contributed by atoms with Crippen LogP contribution in [0, 0.1) is 0 Å². The van der Waals surface area contributed by atoms with Crippen LogP contribution in [0.4, 0.5) is 0 Å². The van der Waals surface area contributed by atoms with E-state index >= 15 is 0 Å². The number of carbonyl (C=O) groups is 2. The Morgan fingerprint density at radius 1 is 1.56 bits per heavy atom. The maximum Gasteiger partial charge on any atom is 0.305 e. The second-order valence-electron chi connectivity index (χ2n) is 4.65. The lowest BCUT2D eigenvalue weighted by atomic mass is 10.1. The maximum absolute atomic E-state index is 12.0. The Labute approximate surface area is 107 Å². The number of carboxylic acid groups (broad SMARTS) is 1. The molecule has 104 valence electrons. The molecule has 0 aromatic rings. The van der Waals surface area contributed by atoms with Crippen LogP contribution in [0.2, 0.25) is 0 Å². The van der Waals surface area contributed by atoms with Crippen molar-refractivity contribution in [2.45, 2.75) is 50.8 Å². The first-order chi connectivity index (χ1) is 8.56. The van der Waals surface area contributed by atoms with Crippen LogP contribution in [-0.2, 0) is 14.3 Å². The molecule has 18 heavy (non-hydrogen) atoms. The Kier molecular flexibility index (Phi) is 6.07. The van der Waals surface area contributed by atoms with Gasteiger partial charge in [0.2, 0.25) is 5.91 Å². The highest BCUT2D eigenvalue weighted by Gasteiger charge is 2.30. The third kappa shape index (κ3) is 4.62. The average molecular weight is 258 g/mol. The molecular weight excluding hydrogens is 236 g/mol. The summed E-state index contributed by atoms with van der Waals surface area (Å²) in [6, 6.07) is -0.563. The van der Waals surface area contributed by atoms with Gasteiger partial charge in [-0.25, -0.2) is 0 Å². The van der Waals surface area contributed by atoms with Crippen molar-refractivity contribution in [3.63, 3.8) is 0 Å². The van der Waals surface area contributed by atoms with E-state index in [1.165, 1.54) is 0 Å². The third-order valence-electron chi connectivity index (χ3n) is 3.14. The molecule has 1 saturated heterocycles. The molecule has 0 aliphatic carbocycles. The lowest BCUT2D eigenvalue weighted by Crippen LogP contribution is -2.45. The Morgan fingerprint density at radius 2 is 2.28 bits per heavy atom. The van der Waals surface area contributed by atoms with Gasteiger partial charge in [-0.1, -0.05) is 13.3 Å². The van der Waals surface area contributed by atoms with Gasteiger partial charge in [-0.3, -0.25) is 9.59 Å². The van der Waals surface area contributed by atoms with Gasteiger partial charge in [0.1, 0.15) is 0 Å². The van der Waals surface area contributed by atoms with Crippen LogP contribution in [0.3, 0.4) is 0 Å². The van der Waals surface area contributed by atoms with Crippen LogP contribution in [-0.4, -0.2) is 48.8 Å². The third-order valence-corrected chi connectivity index (χ3v) is 3.14. The topological polar surface area (TPSA) is 87.7 Å². The van der Waals surface area contributed by atoms with Crippen molar-refractivity contribution in [3.05, 3.63) is 0 Å². The molecule has 1 amide bonds. The lowest BCUT2D eigenvalue weighted by molar-refractivity contribution is -0.137. The quantitative estimate of drug-likeness (QED) is 0.604. The molecule has 0 saturated carbocycles. The van der Waals surface area contributed by atoms with Crippen molar-refractivity contribution in [2.24, 2.45) is 0 Å². The van der Waals surface area contributed by atoms with Crippen molar-refractivity contribution in [3.8, 4) is 0 Å². The average Bonchev–Trinajstić information content (AvgIpc) is 2.76. The number of nitrogens with one attached hydrogen (secondary N) is 2. The molecule has 0 spiro atoms. The van der Waals surface area contributed by atoms with Gasteiger partial charge in [-0.2, -0.15) is 0 Å². The van der Waals surface area contributed by atoms with Gasteiger partial charge in [0.05, 0.1) is 18.6 Å². The van der Waals surface area contributed by atoms with E-state index in [4.69, 9.17) is 9.84 Å². The number of amides is 1. The first-order valence-corrected chi connectivity index (χ1v) is 6.35. The number of rotatable bonds is 7. The van der Waals surface area contributed by atoms with Crippen molar-refractivity contribution in [1.29, 1.82) is 0 Å². The van der Waals surface area contributed by atoms with E-state index < -0.39 is 5.97 Å². The van der Waals surface area contributed by atoms with Crippen LogP contribution in [0.1, 0.15) is 32.6 Å². The van der Waals surface area contributed by atoms with E-state index in [0.717, 1.165) is 6.42 Å². The summed E-state index contributed by atoms with van der Waals surface area (Å²) in [6.07, 6.45) is 2.19. The number of carboxylic acids is 1. The van der Waals surface area contributed by atoms with Crippen LogP contribution >= 0.6 is 0 Å². The molecule has 0 radical (unpaired) electrons. The predicted molar refractivity (Wildman–Crippen MR) is 66.3 cm³/mol. The Balaban J connectivity index is 2.43. The molecule has 1 fully saturated rings. The van der Waals surface area contributed by atoms with Gasteiger partial charge in [-0.05, 0) is 12.8 Å². The molecule has 0 aromatic carbocycles. The van der Waals surface area contributed by atoms with Gasteiger partial charge in [-0.15, -0.1) is 0 Å². The van der Waals surface area contributed by atoms with Gasteiger partial charge >= 0.3 is 5.97 Å². The fourth-order valence-electron chi connectivity index (χ4n) is 2.17. The number of hydrogen-bond acceptors (Lipinski definition) is 4. The molecule has 1 aliphatic heterocycles. The maximum atomic E-state index is 12.0. The van der Waals surface area contributed by atoms with E-state index in [9.17, 15) is 9.59 Å². The fraction of sp³-hybridized carbons (Fsp3) is 0.833. The minimum Gasteiger partial charge on any atom is -0.481 e. The highest BCUT2D eigenvalue weighted by atomic mass is 16.5. The molecule has 1 heterocycles. The van der Waals surface area contributed by atoms with Crippen molar-refractivity contribution < 1.29 is 19.4 Å². The molecule has 3 atom stereocenters. The zero-order chi connectivity index (χ0) is 13.5. The number of ether oxygens (including phenoxy) is 1. The number of aliphatic carboxylic acids is 1. The summed E-state index contributed by atoms with van der Waals surface area (Å²) < 4.78 is 5.17. The molecule has 6 heteroatoms. The van der Waals surface area contributed by atoms with Crippen LogP contribution < -0.4 is 10.6 Å². The smallest absolute Gasteiger partial charge is 0.305 e. The van der Waals surface area contributed by atoms with Crippen LogP contribution in [0.15, 0.2) is 0 Å². The summed E-state index contributed by atoms with van der Waals surface area (Å²) in [7, 11) is 1.62. The number of carbonyl (C=O) groups excluding carboxylic acids is 1. The zero-order valence-electron chi connectivity index (χ0n) is 10.9.